The van der Waals surface area contributed by atoms with Crippen molar-refractivity contribution in [1.82, 2.24) is 0 Å². The third kappa shape index (κ3) is 3.02. The van der Waals surface area contributed by atoms with E-state index in [1.54, 1.807) is 18.2 Å². The highest BCUT2D eigenvalue weighted by molar-refractivity contribution is 6.37. The molecule has 0 aliphatic heterocycles. The van der Waals surface area contributed by atoms with Crippen molar-refractivity contribution in [1.29, 1.82) is 5.26 Å². The molecule has 0 aliphatic rings. The van der Waals surface area contributed by atoms with Crippen LogP contribution in [-0.2, 0) is 0 Å². The summed E-state index contributed by atoms with van der Waals surface area (Å²) in [7, 11) is 0. The van der Waals surface area contributed by atoms with Gasteiger partial charge in [-0.1, -0.05) is 23.2 Å². The van der Waals surface area contributed by atoms with E-state index < -0.39 is 5.91 Å². The summed E-state index contributed by atoms with van der Waals surface area (Å²) in [6.07, 6.45) is 0. The molecular weight excluding hydrogens is 297 g/mol. The summed E-state index contributed by atoms with van der Waals surface area (Å²) in [5, 5.41) is 12.3. The number of hydrogen-bond donors (Lipinski definition) is 2. The molecule has 0 radical (unpaired) electrons. The molecule has 0 spiro atoms. The second-order valence-electron chi connectivity index (χ2n) is 4.00. The fourth-order valence-corrected chi connectivity index (χ4v) is 2.12. The first-order valence-corrected chi connectivity index (χ1v) is 6.33. The number of carbonyl (C=O) groups is 1. The van der Waals surface area contributed by atoms with Crippen LogP contribution in [0.2, 0.25) is 10.0 Å². The molecule has 0 bridgehead atoms. The Morgan fingerprint density at radius 2 is 1.95 bits per heavy atom. The van der Waals surface area contributed by atoms with E-state index in [2.05, 4.69) is 5.32 Å². The van der Waals surface area contributed by atoms with Gasteiger partial charge < -0.3 is 11.1 Å². The number of rotatable bonds is 2. The number of carbonyl (C=O) groups excluding carboxylic acids is 1. The second-order valence-corrected chi connectivity index (χ2v) is 4.84. The smallest absolute Gasteiger partial charge is 0.257 e. The molecule has 0 atom stereocenters. The SMILES string of the molecule is N#Cc1cc(N)ccc1NC(=O)c1ccc(Cl)cc1Cl. The Balaban J connectivity index is 2.31. The molecule has 6 heteroatoms. The highest BCUT2D eigenvalue weighted by atomic mass is 35.5. The van der Waals surface area contributed by atoms with Crippen LogP contribution in [0, 0.1) is 11.3 Å². The Labute approximate surface area is 125 Å². The number of anilines is 2. The van der Waals surface area contributed by atoms with Crippen LogP contribution in [0.1, 0.15) is 15.9 Å². The number of benzene rings is 2. The van der Waals surface area contributed by atoms with Crippen molar-refractivity contribution in [3.63, 3.8) is 0 Å². The summed E-state index contributed by atoms with van der Waals surface area (Å²) < 4.78 is 0. The maximum Gasteiger partial charge on any atom is 0.257 e. The number of nitrogens with zero attached hydrogens (tertiary/aromatic N) is 1. The molecule has 2 aromatic rings. The van der Waals surface area contributed by atoms with Gasteiger partial charge >= 0.3 is 0 Å². The minimum atomic E-state index is -0.423. The van der Waals surface area contributed by atoms with E-state index in [0.717, 1.165) is 0 Å². The third-order valence-corrected chi connectivity index (χ3v) is 3.14. The van der Waals surface area contributed by atoms with Crippen molar-refractivity contribution in [3.05, 3.63) is 57.6 Å². The summed E-state index contributed by atoms with van der Waals surface area (Å²) in [4.78, 5) is 12.1. The van der Waals surface area contributed by atoms with Gasteiger partial charge in [0.15, 0.2) is 0 Å². The van der Waals surface area contributed by atoms with E-state index in [-0.39, 0.29) is 16.1 Å². The number of nitrogens with one attached hydrogen (secondary N) is 1. The number of nitrogen functional groups attached to an aromatic ring is 1. The van der Waals surface area contributed by atoms with E-state index in [1.807, 2.05) is 6.07 Å². The molecular formula is C14H9Cl2N3O. The van der Waals surface area contributed by atoms with E-state index in [4.69, 9.17) is 34.2 Å². The Kier molecular flexibility index (Phi) is 4.14. The number of hydrogen-bond acceptors (Lipinski definition) is 3. The fourth-order valence-electron chi connectivity index (χ4n) is 1.63. The summed E-state index contributed by atoms with van der Waals surface area (Å²) >= 11 is 11.7. The first-order chi connectivity index (χ1) is 9.51. The van der Waals surface area contributed by atoms with Crippen LogP contribution < -0.4 is 11.1 Å². The molecule has 100 valence electrons. The zero-order valence-corrected chi connectivity index (χ0v) is 11.7. The lowest BCUT2D eigenvalue weighted by atomic mass is 10.1. The molecule has 0 saturated heterocycles. The summed E-state index contributed by atoms with van der Waals surface area (Å²) in [6.45, 7) is 0. The van der Waals surface area contributed by atoms with Gasteiger partial charge in [-0.05, 0) is 36.4 Å². The largest absolute Gasteiger partial charge is 0.399 e. The highest BCUT2D eigenvalue weighted by Crippen LogP contribution is 2.23. The molecule has 4 nitrogen and oxygen atoms in total. The van der Waals surface area contributed by atoms with Gasteiger partial charge in [0.25, 0.3) is 5.91 Å². The summed E-state index contributed by atoms with van der Waals surface area (Å²) in [5.41, 5.74) is 6.96. The molecule has 20 heavy (non-hydrogen) atoms. The quantitative estimate of drug-likeness (QED) is 0.830. The topological polar surface area (TPSA) is 78.9 Å². The van der Waals surface area contributed by atoms with Gasteiger partial charge in [-0.15, -0.1) is 0 Å². The number of halogens is 2. The van der Waals surface area contributed by atoms with Crippen LogP contribution in [0.25, 0.3) is 0 Å². The molecule has 1 amide bonds. The van der Waals surface area contributed by atoms with Crippen LogP contribution in [0.4, 0.5) is 11.4 Å². The molecule has 0 unspecified atom stereocenters. The van der Waals surface area contributed by atoms with Gasteiger partial charge in [0.1, 0.15) is 6.07 Å². The second kappa shape index (κ2) is 5.83. The Bertz CT molecular complexity index is 723. The standard InChI is InChI=1S/C14H9Cl2N3O/c15-9-1-3-11(12(16)6-9)14(20)19-13-4-2-10(18)5-8(13)7-17/h1-6H,18H2,(H,19,20). The molecule has 0 heterocycles. The Hall–Kier alpha value is -2.22. The van der Waals surface area contributed by atoms with Gasteiger partial charge in [-0.25, -0.2) is 0 Å². The van der Waals surface area contributed by atoms with Crippen molar-refractivity contribution in [3.8, 4) is 6.07 Å². The van der Waals surface area contributed by atoms with Crippen LogP contribution in [0.5, 0.6) is 0 Å². The first-order valence-electron chi connectivity index (χ1n) is 5.57. The lowest BCUT2D eigenvalue weighted by Crippen LogP contribution is -2.13. The maximum atomic E-state index is 12.1. The molecule has 0 aliphatic carbocycles. The van der Waals surface area contributed by atoms with E-state index in [1.165, 1.54) is 18.2 Å². The van der Waals surface area contributed by atoms with Gasteiger partial charge in [0.05, 0.1) is 21.8 Å². The van der Waals surface area contributed by atoms with E-state index in [0.29, 0.717) is 16.4 Å². The summed E-state index contributed by atoms with van der Waals surface area (Å²) in [5.74, 6) is -0.423. The van der Waals surface area contributed by atoms with Crippen LogP contribution in [-0.4, -0.2) is 5.91 Å². The number of nitrogens with two attached hydrogens (primary N) is 1. The van der Waals surface area contributed by atoms with Crippen molar-refractivity contribution in [2.24, 2.45) is 0 Å². The monoisotopic (exact) mass is 305 g/mol. The van der Waals surface area contributed by atoms with Gasteiger partial charge in [-0.3, -0.25) is 4.79 Å². The number of amides is 1. The van der Waals surface area contributed by atoms with E-state index >= 15 is 0 Å². The minimum absolute atomic E-state index is 0.240. The van der Waals surface area contributed by atoms with Gasteiger partial charge in [0.2, 0.25) is 0 Å². The lowest BCUT2D eigenvalue weighted by Gasteiger charge is -2.09. The Morgan fingerprint density at radius 1 is 1.20 bits per heavy atom. The van der Waals surface area contributed by atoms with Crippen LogP contribution in [0.15, 0.2) is 36.4 Å². The van der Waals surface area contributed by atoms with Crippen molar-refractivity contribution < 1.29 is 4.79 Å². The first kappa shape index (κ1) is 14.2. The van der Waals surface area contributed by atoms with E-state index in [9.17, 15) is 4.79 Å². The maximum absolute atomic E-state index is 12.1. The van der Waals surface area contributed by atoms with Gasteiger partial charge in [0, 0.05) is 10.7 Å². The zero-order chi connectivity index (χ0) is 14.7. The van der Waals surface area contributed by atoms with Gasteiger partial charge in [-0.2, -0.15) is 5.26 Å². The molecule has 0 fully saturated rings. The number of nitriles is 1. The fraction of sp³-hybridized carbons (Fsp3) is 0. The predicted octanol–water partition coefficient (Wildman–Crippen LogP) is 3.70. The van der Waals surface area contributed by atoms with Crippen LogP contribution in [0.3, 0.4) is 0 Å². The zero-order valence-electron chi connectivity index (χ0n) is 10.2. The average molecular weight is 306 g/mol. The normalized spacial score (nSPS) is 9.85. The summed E-state index contributed by atoms with van der Waals surface area (Å²) in [6, 6.07) is 11.2. The van der Waals surface area contributed by atoms with Crippen molar-refractivity contribution in [2.45, 2.75) is 0 Å². The predicted molar refractivity (Wildman–Crippen MR) is 80.0 cm³/mol. The lowest BCUT2D eigenvalue weighted by molar-refractivity contribution is 0.102. The third-order valence-electron chi connectivity index (χ3n) is 2.59. The highest BCUT2D eigenvalue weighted by Gasteiger charge is 2.13. The van der Waals surface area contributed by atoms with Crippen LogP contribution >= 0.6 is 23.2 Å². The molecule has 3 N–H and O–H groups in total. The minimum Gasteiger partial charge on any atom is -0.399 e. The molecule has 0 aromatic heterocycles. The van der Waals surface area contributed by atoms with Crippen molar-refractivity contribution in [2.75, 3.05) is 11.1 Å². The molecule has 0 saturated carbocycles. The Morgan fingerprint density at radius 3 is 2.60 bits per heavy atom. The molecule has 2 rings (SSSR count). The average Bonchev–Trinajstić information content (AvgIpc) is 2.40. The molecule has 2 aromatic carbocycles. The van der Waals surface area contributed by atoms with Crippen molar-refractivity contribution >= 4 is 40.5 Å².